The van der Waals surface area contributed by atoms with E-state index in [2.05, 4.69) is 0 Å². The molecule has 0 amide bonds. The Morgan fingerprint density at radius 2 is 0.150 bits per heavy atom. The van der Waals surface area contributed by atoms with Crippen molar-refractivity contribution in [2.75, 3.05) is 0 Å². The molecule has 0 heterocycles. The first kappa shape index (κ1) is 44.8. The van der Waals surface area contributed by atoms with E-state index in [0.717, 1.165) is 0 Å². The van der Waals surface area contributed by atoms with Gasteiger partial charge in [-0.2, -0.15) is 0 Å². The van der Waals surface area contributed by atoms with E-state index < -0.39 is 0 Å². The number of benzene rings is 6. The molecule has 6 aromatic rings. The molecule has 0 saturated heterocycles. The maximum absolute atomic E-state index is 2.00. The van der Waals surface area contributed by atoms with Gasteiger partial charge in [0.25, 0.3) is 0 Å². The molecule has 196 valence electrons. The van der Waals surface area contributed by atoms with Crippen molar-refractivity contribution >= 4 is 54.6 Å². The largest absolute Gasteiger partial charge is 1.00 e. The van der Waals surface area contributed by atoms with Gasteiger partial charge in [-0.1, -0.05) is 218 Å². The van der Waals surface area contributed by atoms with Gasteiger partial charge in [0.1, 0.15) is 0 Å². The molecular formula is C37H39LiPb2. The van der Waals surface area contributed by atoms with E-state index in [1.165, 1.54) is 0 Å². The maximum Gasteiger partial charge on any atom is 1.00 e. The van der Waals surface area contributed by atoms with E-state index in [1.807, 2.05) is 218 Å². The smallest absolute Gasteiger partial charge is 0.358 e. The van der Waals surface area contributed by atoms with Crippen LogP contribution in [0.2, 0.25) is 0 Å². The fourth-order valence-electron chi connectivity index (χ4n) is 2.31. The topological polar surface area (TPSA) is 0 Å². The third-order valence-corrected chi connectivity index (χ3v) is 4.00. The van der Waals surface area contributed by atoms with Gasteiger partial charge in [-0.15, -0.1) is 0 Å². The molecular weight excluding hydrogens is 866 g/mol. The van der Waals surface area contributed by atoms with E-state index in [4.69, 9.17) is 0 Å². The van der Waals surface area contributed by atoms with Gasteiger partial charge in [0.05, 0.1) is 0 Å². The fourth-order valence-corrected chi connectivity index (χ4v) is 2.31. The first-order chi connectivity index (χ1) is 18.0. The Hall–Kier alpha value is -2.24. The second kappa shape index (κ2) is 41.2. The number of rotatable bonds is 0. The summed E-state index contributed by atoms with van der Waals surface area (Å²) in [6.45, 7) is 0. The summed E-state index contributed by atoms with van der Waals surface area (Å²) >= 11 is 0. The van der Waals surface area contributed by atoms with E-state index in [-0.39, 0.29) is 80.9 Å². The van der Waals surface area contributed by atoms with Crippen LogP contribution < -0.4 is 18.9 Å². The monoisotopic (exact) mass is 906 g/mol. The van der Waals surface area contributed by atoms with Gasteiger partial charge in [0.15, 0.2) is 0 Å². The minimum atomic E-state index is 0. The van der Waals surface area contributed by atoms with Crippen LogP contribution in [0.3, 0.4) is 0 Å². The predicted octanol–water partition coefficient (Wildman–Crippen LogP) is 6.81. The summed E-state index contributed by atoms with van der Waals surface area (Å²) in [7, 11) is 0. The first-order valence-electron chi connectivity index (χ1n) is 12.0. The molecule has 3 heteroatoms. The fraction of sp³-hybridized carbons (Fsp3) is 0. The van der Waals surface area contributed by atoms with Crippen LogP contribution in [0.5, 0.6) is 0 Å². The van der Waals surface area contributed by atoms with Crippen LogP contribution in [-0.2, 0) is 0 Å². The summed E-state index contributed by atoms with van der Waals surface area (Å²) < 4.78 is 0. The summed E-state index contributed by atoms with van der Waals surface area (Å²) in [5.74, 6) is 0. The molecule has 0 saturated carbocycles. The Balaban J connectivity index is -0.000000191. The van der Waals surface area contributed by atoms with Crippen molar-refractivity contribution in [3.05, 3.63) is 226 Å². The van der Waals surface area contributed by atoms with Gasteiger partial charge in [-0.05, 0) is 0 Å². The van der Waals surface area contributed by atoms with Gasteiger partial charge >= 0.3 is 18.9 Å². The van der Waals surface area contributed by atoms with Gasteiger partial charge in [0, 0.05) is 54.6 Å². The van der Waals surface area contributed by atoms with Crippen LogP contribution in [0.25, 0.3) is 0 Å². The summed E-state index contributed by atoms with van der Waals surface area (Å²) in [4.78, 5) is 0. The third-order valence-electron chi connectivity index (χ3n) is 4.00. The average Bonchev–Trinajstić information content (AvgIpc) is 3.04. The van der Waals surface area contributed by atoms with Crippen LogP contribution in [0.4, 0.5) is 0 Å². The Bertz CT molecular complexity index is 694. The van der Waals surface area contributed by atoms with Crippen LogP contribution >= 0.6 is 0 Å². The molecule has 0 nitrogen and oxygen atoms in total. The summed E-state index contributed by atoms with van der Waals surface area (Å²) in [5, 5.41) is 0. The van der Waals surface area contributed by atoms with Crippen LogP contribution in [-0.4, -0.2) is 54.6 Å². The molecule has 6 rings (SSSR count). The van der Waals surface area contributed by atoms with Crippen molar-refractivity contribution in [1.29, 1.82) is 0 Å². The predicted molar refractivity (Wildman–Crippen MR) is 177 cm³/mol. The molecule has 0 fully saturated rings. The summed E-state index contributed by atoms with van der Waals surface area (Å²) in [6.07, 6.45) is 0. The minimum absolute atomic E-state index is 0. The van der Waals surface area contributed by atoms with Gasteiger partial charge in [-0.25, -0.2) is 0 Å². The zero-order valence-electron chi connectivity index (χ0n) is 23.8. The van der Waals surface area contributed by atoms with Crippen LogP contribution in [0.1, 0.15) is 0 Å². The van der Waals surface area contributed by atoms with Crippen molar-refractivity contribution < 1.29 is 18.9 Å². The van der Waals surface area contributed by atoms with Crippen LogP contribution in [0, 0.1) is 7.43 Å². The van der Waals surface area contributed by atoms with Crippen molar-refractivity contribution in [2.24, 2.45) is 0 Å². The van der Waals surface area contributed by atoms with Crippen molar-refractivity contribution in [2.45, 2.75) is 0 Å². The SMILES string of the molecule is [CH3-].[Li+].[Pb].[Pb].c1ccccc1.c1ccccc1.c1ccccc1.c1ccccc1.c1ccccc1.c1ccccc1. The number of hydrogen-bond donors (Lipinski definition) is 0. The molecule has 0 aromatic heterocycles. The second-order valence-corrected chi connectivity index (χ2v) is 6.93. The normalized spacial score (nSPS) is 7.20. The summed E-state index contributed by atoms with van der Waals surface area (Å²) in [5.41, 5.74) is 0. The molecule has 0 atom stereocenters. The molecule has 0 N–H and O–H groups in total. The average molecular weight is 905 g/mol. The molecule has 0 spiro atoms. The van der Waals surface area contributed by atoms with Crippen LogP contribution in [0.15, 0.2) is 218 Å². The first-order valence-corrected chi connectivity index (χ1v) is 12.0. The maximum atomic E-state index is 2.00. The van der Waals surface area contributed by atoms with Gasteiger partial charge in [-0.3, -0.25) is 0 Å². The van der Waals surface area contributed by atoms with Crippen molar-refractivity contribution in [3.8, 4) is 0 Å². The molecule has 6 aromatic carbocycles. The molecule has 0 bridgehead atoms. The zero-order chi connectivity index (χ0) is 25.5. The molecule has 0 aliphatic carbocycles. The van der Waals surface area contributed by atoms with E-state index in [9.17, 15) is 0 Å². The minimum Gasteiger partial charge on any atom is -0.358 e. The van der Waals surface area contributed by atoms with Gasteiger partial charge < -0.3 is 7.43 Å². The van der Waals surface area contributed by atoms with E-state index in [0.29, 0.717) is 0 Å². The van der Waals surface area contributed by atoms with E-state index >= 15 is 0 Å². The zero-order valence-corrected chi connectivity index (χ0v) is 31.6. The Morgan fingerprint density at radius 1 is 0.125 bits per heavy atom. The second-order valence-electron chi connectivity index (χ2n) is 6.93. The molecule has 40 heavy (non-hydrogen) atoms. The standard InChI is InChI=1S/6C6H6.CH3.Li.2Pb/c6*1-2-4-6-5-3-1;;;;/h6*1-6H;1H3;;;/q;;;;;;-1;+1;;. The molecule has 0 aliphatic heterocycles. The Labute approximate surface area is 296 Å². The Kier molecular flexibility index (Phi) is 46.2. The molecule has 0 aliphatic rings. The summed E-state index contributed by atoms with van der Waals surface area (Å²) in [6, 6.07) is 72.0. The van der Waals surface area contributed by atoms with Crippen molar-refractivity contribution in [1.82, 2.24) is 0 Å². The Morgan fingerprint density at radius 3 is 0.175 bits per heavy atom. The molecule has 8 radical (unpaired) electrons. The van der Waals surface area contributed by atoms with Crippen molar-refractivity contribution in [3.63, 3.8) is 0 Å². The molecule has 0 unspecified atom stereocenters. The quantitative estimate of drug-likeness (QED) is 0.116. The third kappa shape index (κ3) is 37.9. The number of hydrogen-bond acceptors (Lipinski definition) is 0. The van der Waals surface area contributed by atoms with Gasteiger partial charge in [0.2, 0.25) is 0 Å². The van der Waals surface area contributed by atoms with E-state index in [1.54, 1.807) is 0 Å².